The highest BCUT2D eigenvalue weighted by molar-refractivity contribution is 6.31. The molecule has 12 aromatic carbocycles. The molecule has 0 nitrogen and oxygen atoms in total. The van der Waals surface area contributed by atoms with Gasteiger partial charge in [-0.15, -0.1) is 0 Å². The maximum Gasteiger partial charge on any atom is -0.00137 e. The molecule has 288 valence electrons. The fourth-order valence-electron chi connectivity index (χ4n) is 10.2. The van der Waals surface area contributed by atoms with Crippen molar-refractivity contribution in [2.24, 2.45) is 0 Å². The molecular formula is C62H40. The summed E-state index contributed by atoms with van der Waals surface area (Å²) < 4.78 is 0. The Bertz CT molecular complexity index is 3730. The fourth-order valence-corrected chi connectivity index (χ4v) is 10.2. The molecule has 0 amide bonds. The number of rotatable bonds is 6. The molecule has 0 bridgehead atoms. The minimum atomic E-state index is 1.07. The van der Waals surface area contributed by atoms with Crippen molar-refractivity contribution < 1.29 is 0 Å². The topological polar surface area (TPSA) is 0 Å². The highest BCUT2D eigenvalue weighted by atomic mass is 14.3. The first kappa shape index (κ1) is 35.8. The SMILES string of the molecule is C=Cc1ccc(-c2ccc3c(-c4c5ccccc5cc5ccccc45)c4cc(-c5ccc6ccccc6c5)ccc4c(-c4c5ccccc5cc5ccccc45)c3c2)cc1C=C. The van der Waals surface area contributed by atoms with Crippen molar-refractivity contribution in [1.82, 2.24) is 0 Å². The van der Waals surface area contributed by atoms with E-state index < -0.39 is 0 Å². The van der Waals surface area contributed by atoms with Gasteiger partial charge in [-0.3, -0.25) is 0 Å². The second-order valence-electron chi connectivity index (χ2n) is 16.5. The van der Waals surface area contributed by atoms with Gasteiger partial charge in [0.05, 0.1) is 0 Å². The van der Waals surface area contributed by atoms with Crippen LogP contribution in [0.25, 0.3) is 132 Å². The van der Waals surface area contributed by atoms with Gasteiger partial charge in [0.25, 0.3) is 0 Å². The number of benzene rings is 12. The Labute approximate surface area is 361 Å². The van der Waals surface area contributed by atoms with Gasteiger partial charge >= 0.3 is 0 Å². The molecule has 0 aliphatic carbocycles. The summed E-state index contributed by atoms with van der Waals surface area (Å²) in [7, 11) is 0. The minimum absolute atomic E-state index is 1.07. The first-order valence-electron chi connectivity index (χ1n) is 21.4. The largest absolute Gasteiger partial charge is 0.0984 e. The zero-order valence-electron chi connectivity index (χ0n) is 34.2. The molecule has 0 heterocycles. The summed E-state index contributed by atoms with van der Waals surface area (Å²) in [5.41, 5.74) is 11.8. The van der Waals surface area contributed by atoms with Crippen LogP contribution in [0.2, 0.25) is 0 Å². The average Bonchev–Trinajstić information content (AvgIpc) is 3.33. The molecule has 0 aliphatic rings. The van der Waals surface area contributed by atoms with Crippen LogP contribution in [0.5, 0.6) is 0 Å². The van der Waals surface area contributed by atoms with Crippen LogP contribution >= 0.6 is 0 Å². The van der Waals surface area contributed by atoms with E-state index in [9.17, 15) is 0 Å². The number of hydrogen-bond acceptors (Lipinski definition) is 0. The summed E-state index contributed by atoms with van der Waals surface area (Å²) in [6.07, 6.45) is 3.84. The maximum absolute atomic E-state index is 4.16. The van der Waals surface area contributed by atoms with Gasteiger partial charge in [0.2, 0.25) is 0 Å². The van der Waals surface area contributed by atoms with Gasteiger partial charge in [0.15, 0.2) is 0 Å². The molecule has 0 heteroatoms. The standard InChI is InChI=1S/C62H40/c1-3-39-25-27-43(33-40(39)4-2)45-29-31-55-57(37-45)61(59-51-21-11-7-17-47(51)35-48-18-8-12-22-52(48)59)56-32-30-46(44-28-26-41-15-5-6-16-42(41)34-44)38-58(56)62(55)60-53-23-13-9-19-49(53)36-50-20-10-14-24-54(50)60/h3-38H,1-2H2. The third kappa shape index (κ3) is 5.61. The Morgan fingerprint density at radius 1 is 0.226 bits per heavy atom. The van der Waals surface area contributed by atoms with E-state index in [4.69, 9.17) is 0 Å². The molecule has 12 rings (SSSR count). The quantitative estimate of drug-likeness (QED) is 0.147. The molecule has 0 atom stereocenters. The van der Waals surface area contributed by atoms with E-state index in [1.165, 1.54) is 109 Å². The zero-order valence-corrected chi connectivity index (χ0v) is 34.2. The molecular weight excluding hydrogens is 745 g/mol. The summed E-state index contributed by atoms with van der Waals surface area (Å²) in [4.78, 5) is 0. The summed E-state index contributed by atoms with van der Waals surface area (Å²) in [6, 6.07) is 76.8. The Hall–Kier alpha value is -8.06. The summed E-state index contributed by atoms with van der Waals surface area (Å²) >= 11 is 0. The van der Waals surface area contributed by atoms with E-state index in [1.807, 2.05) is 12.2 Å². The van der Waals surface area contributed by atoms with E-state index in [1.54, 1.807) is 0 Å². The molecule has 0 saturated carbocycles. The van der Waals surface area contributed by atoms with Crippen LogP contribution in [-0.4, -0.2) is 0 Å². The van der Waals surface area contributed by atoms with Gasteiger partial charge in [-0.1, -0.05) is 195 Å². The molecule has 0 unspecified atom stereocenters. The van der Waals surface area contributed by atoms with Gasteiger partial charge < -0.3 is 0 Å². The lowest BCUT2D eigenvalue weighted by molar-refractivity contribution is 1.59. The molecule has 12 aromatic rings. The highest BCUT2D eigenvalue weighted by Crippen LogP contribution is 2.51. The van der Waals surface area contributed by atoms with Crippen LogP contribution in [0.4, 0.5) is 0 Å². The second kappa shape index (κ2) is 14.3. The van der Waals surface area contributed by atoms with Crippen molar-refractivity contribution in [2.75, 3.05) is 0 Å². The second-order valence-corrected chi connectivity index (χ2v) is 16.5. The lowest BCUT2D eigenvalue weighted by atomic mass is 9.80. The van der Waals surface area contributed by atoms with E-state index in [2.05, 4.69) is 219 Å². The van der Waals surface area contributed by atoms with Crippen molar-refractivity contribution in [3.63, 3.8) is 0 Å². The Morgan fingerprint density at radius 3 is 1.05 bits per heavy atom. The Balaban J connectivity index is 1.31. The van der Waals surface area contributed by atoms with Crippen LogP contribution in [0.1, 0.15) is 11.1 Å². The third-order valence-electron chi connectivity index (χ3n) is 13.1. The first-order valence-corrected chi connectivity index (χ1v) is 21.4. The Kier molecular flexibility index (Phi) is 8.27. The van der Waals surface area contributed by atoms with Crippen molar-refractivity contribution in [1.29, 1.82) is 0 Å². The van der Waals surface area contributed by atoms with Gasteiger partial charge in [-0.25, -0.2) is 0 Å². The van der Waals surface area contributed by atoms with Crippen molar-refractivity contribution in [3.8, 4) is 44.5 Å². The van der Waals surface area contributed by atoms with E-state index >= 15 is 0 Å². The van der Waals surface area contributed by atoms with Crippen molar-refractivity contribution in [2.45, 2.75) is 0 Å². The predicted molar refractivity (Wildman–Crippen MR) is 271 cm³/mol. The highest BCUT2D eigenvalue weighted by Gasteiger charge is 2.24. The lowest BCUT2D eigenvalue weighted by Crippen LogP contribution is -1.96. The molecule has 0 fully saturated rings. The first-order chi connectivity index (χ1) is 30.6. The molecule has 0 saturated heterocycles. The van der Waals surface area contributed by atoms with E-state index in [-0.39, 0.29) is 0 Å². The molecule has 0 aliphatic heterocycles. The Morgan fingerprint density at radius 2 is 0.581 bits per heavy atom. The van der Waals surface area contributed by atoms with Crippen LogP contribution in [-0.2, 0) is 0 Å². The molecule has 0 spiro atoms. The van der Waals surface area contributed by atoms with Gasteiger partial charge in [0.1, 0.15) is 0 Å². The lowest BCUT2D eigenvalue weighted by Gasteiger charge is -2.23. The zero-order chi connectivity index (χ0) is 41.3. The normalized spacial score (nSPS) is 11.7. The molecule has 0 N–H and O–H groups in total. The molecule has 0 radical (unpaired) electrons. The van der Waals surface area contributed by atoms with Gasteiger partial charge in [-0.2, -0.15) is 0 Å². The predicted octanol–water partition coefficient (Wildman–Crippen LogP) is 17.7. The van der Waals surface area contributed by atoms with Crippen molar-refractivity contribution >= 4 is 87.6 Å². The number of hydrogen-bond donors (Lipinski definition) is 0. The summed E-state index contributed by atoms with van der Waals surface area (Å²) in [5, 5.41) is 17.3. The summed E-state index contributed by atoms with van der Waals surface area (Å²) in [5.74, 6) is 0. The average molecular weight is 785 g/mol. The third-order valence-corrected chi connectivity index (χ3v) is 13.1. The van der Waals surface area contributed by atoms with Crippen molar-refractivity contribution in [3.05, 3.63) is 231 Å². The van der Waals surface area contributed by atoms with Crippen LogP contribution in [0.15, 0.2) is 219 Å². The van der Waals surface area contributed by atoms with Crippen LogP contribution < -0.4 is 0 Å². The fraction of sp³-hybridized carbons (Fsp3) is 0. The molecule has 0 aromatic heterocycles. The summed E-state index contributed by atoms with van der Waals surface area (Å²) in [6.45, 7) is 8.24. The van der Waals surface area contributed by atoms with E-state index in [0.717, 1.165) is 22.3 Å². The maximum atomic E-state index is 4.16. The number of fused-ring (bicyclic) bond motifs is 7. The van der Waals surface area contributed by atoms with Crippen LogP contribution in [0, 0.1) is 0 Å². The monoisotopic (exact) mass is 784 g/mol. The molecule has 62 heavy (non-hydrogen) atoms. The minimum Gasteiger partial charge on any atom is -0.0984 e. The van der Waals surface area contributed by atoms with Gasteiger partial charge in [0, 0.05) is 0 Å². The van der Waals surface area contributed by atoms with Crippen LogP contribution in [0.3, 0.4) is 0 Å². The van der Waals surface area contributed by atoms with Gasteiger partial charge in [-0.05, 0) is 167 Å². The van der Waals surface area contributed by atoms with E-state index in [0.29, 0.717) is 0 Å². The smallest absolute Gasteiger partial charge is 0.00137 e.